The molecule has 2 rings (SSSR count). The summed E-state index contributed by atoms with van der Waals surface area (Å²) in [5, 5.41) is 0.940. The predicted octanol–water partition coefficient (Wildman–Crippen LogP) is 3.81. The number of benzene rings is 1. The first-order valence-corrected chi connectivity index (χ1v) is 7.87. The third-order valence-corrected chi connectivity index (χ3v) is 3.93. The van der Waals surface area contributed by atoms with Crippen LogP contribution in [0.5, 0.6) is 11.5 Å². The molecule has 23 heavy (non-hydrogen) atoms. The lowest BCUT2D eigenvalue weighted by molar-refractivity contribution is -0.147. The highest BCUT2D eigenvalue weighted by Crippen LogP contribution is 2.33. The summed E-state index contributed by atoms with van der Waals surface area (Å²) in [6.45, 7) is 6.50. The van der Waals surface area contributed by atoms with Crippen molar-refractivity contribution in [2.45, 2.75) is 33.2 Å². The van der Waals surface area contributed by atoms with E-state index in [-0.39, 0.29) is 5.97 Å². The molecular weight excluding hydrogens is 294 g/mol. The Morgan fingerprint density at radius 3 is 2.52 bits per heavy atom. The minimum absolute atomic E-state index is 0.232. The van der Waals surface area contributed by atoms with Gasteiger partial charge in [0.05, 0.1) is 26.3 Å². The molecule has 1 aromatic carbocycles. The van der Waals surface area contributed by atoms with Crippen LogP contribution in [-0.2, 0) is 9.53 Å². The van der Waals surface area contributed by atoms with Gasteiger partial charge in [-0.3, -0.25) is 0 Å². The van der Waals surface area contributed by atoms with Crippen LogP contribution in [-0.4, -0.2) is 31.4 Å². The molecule has 5 nitrogen and oxygen atoms in total. The van der Waals surface area contributed by atoms with Gasteiger partial charge in [-0.2, -0.15) is 0 Å². The van der Waals surface area contributed by atoms with Crippen LogP contribution in [0, 0.1) is 5.92 Å². The van der Waals surface area contributed by atoms with E-state index in [9.17, 15) is 4.79 Å². The smallest absolute Gasteiger partial charge is 0.328 e. The second-order valence-electron chi connectivity index (χ2n) is 6.01. The molecule has 0 bridgehead atoms. The monoisotopic (exact) mass is 319 g/mol. The minimum Gasteiger partial charge on any atom is -0.497 e. The topological polar surface area (TPSA) is 49.7 Å². The Morgan fingerprint density at radius 2 is 1.91 bits per heavy atom. The van der Waals surface area contributed by atoms with E-state index >= 15 is 0 Å². The zero-order valence-corrected chi connectivity index (χ0v) is 14.5. The molecule has 1 unspecified atom stereocenters. The molecule has 126 valence electrons. The molecule has 0 saturated carbocycles. The van der Waals surface area contributed by atoms with Crippen molar-refractivity contribution >= 4 is 16.9 Å². The minimum atomic E-state index is -0.406. The van der Waals surface area contributed by atoms with E-state index < -0.39 is 6.04 Å². The summed E-state index contributed by atoms with van der Waals surface area (Å²) in [5.41, 5.74) is 0.884. The van der Waals surface area contributed by atoms with E-state index in [2.05, 4.69) is 13.8 Å². The molecule has 0 N–H and O–H groups in total. The summed E-state index contributed by atoms with van der Waals surface area (Å²) in [7, 11) is 3.23. The van der Waals surface area contributed by atoms with Gasteiger partial charge in [-0.1, -0.05) is 13.8 Å². The van der Waals surface area contributed by atoms with E-state index in [1.807, 2.05) is 35.9 Å². The second kappa shape index (κ2) is 7.40. The van der Waals surface area contributed by atoms with Gasteiger partial charge >= 0.3 is 5.97 Å². The number of fused-ring (bicyclic) bond motifs is 1. The Morgan fingerprint density at radius 1 is 1.17 bits per heavy atom. The number of nitrogens with zero attached hydrogens (tertiary/aromatic N) is 1. The van der Waals surface area contributed by atoms with Crippen LogP contribution in [0.3, 0.4) is 0 Å². The van der Waals surface area contributed by atoms with Gasteiger partial charge in [0.15, 0.2) is 0 Å². The Bertz CT molecular complexity index is 675. The SMILES string of the molecule is COc1cc(OC)c2ccn(C(C)C(=O)OCCC(C)C)c2c1. The van der Waals surface area contributed by atoms with Crippen molar-refractivity contribution in [2.24, 2.45) is 5.92 Å². The highest BCUT2D eigenvalue weighted by molar-refractivity contribution is 5.89. The van der Waals surface area contributed by atoms with Crippen LogP contribution >= 0.6 is 0 Å². The number of rotatable bonds is 7. The number of esters is 1. The van der Waals surface area contributed by atoms with Crippen molar-refractivity contribution < 1.29 is 19.0 Å². The Kier molecular flexibility index (Phi) is 5.53. The van der Waals surface area contributed by atoms with Crippen LogP contribution in [0.4, 0.5) is 0 Å². The molecule has 0 aliphatic heterocycles. The number of aromatic nitrogens is 1. The molecule has 0 saturated heterocycles. The van der Waals surface area contributed by atoms with Crippen molar-refractivity contribution in [3.05, 3.63) is 24.4 Å². The maximum absolute atomic E-state index is 12.3. The molecule has 0 radical (unpaired) electrons. The Hall–Kier alpha value is -2.17. The molecule has 0 spiro atoms. The third-order valence-electron chi connectivity index (χ3n) is 3.93. The van der Waals surface area contributed by atoms with Gasteiger partial charge in [-0.15, -0.1) is 0 Å². The summed E-state index contributed by atoms with van der Waals surface area (Å²) in [4.78, 5) is 12.3. The summed E-state index contributed by atoms with van der Waals surface area (Å²) in [6, 6.07) is 5.26. The normalized spacial score (nSPS) is 12.4. The van der Waals surface area contributed by atoms with Crippen LogP contribution in [0.25, 0.3) is 10.9 Å². The molecule has 1 atom stereocenters. The van der Waals surface area contributed by atoms with Gasteiger partial charge in [-0.05, 0) is 25.3 Å². The van der Waals surface area contributed by atoms with Crippen molar-refractivity contribution in [1.82, 2.24) is 4.57 Å². The number of carbonyl (C=O) groups excluding carboxylic acids is 1. The zero-order chi connectivity index (χ0) is 17.0. The molecular formula is C18H25NO4. The first-order valence-electron chi connectivity index (χ1n) is 7.87. The molecule has 1 aromatic heterocycles. The van der Waals surface area contributed by atoms with Crippen molar-refractivity contribution in [1.29, 1.82) is 0 Å². The van der Waals surface area contributed by atoms with Crippen LogP contribution < -0.4 is 9.47 Å². The molecule has 0 fully saturated rings. The fourth-order valence-electron chi connectivity index (χ4n) is 2.46. The van der Waals surface area contributed by atoms with E-state index in [1.165, 1.54) is 0 Å². The molecule has 1 heterocycles. The number of ether oxygens (including phenoxy) is 3. The fourth-order valence-corrected chi connectivity index (χ4v) is 2.46. The number of hydrogen-bond donors (Lipinski definition) is 0. The standard InChI is InChI=1S/C18H25NO4/c1-12(2)7-9-23-18(20)13(3)19-8-6-15-16(19)10-14(21-4)11-17(15)22-5/h6,8,10-13H,7,9H2,1-5H3. The number of hydrogen-bond acceptors (Lipinski definition) is 4. The molecule has 2 aromatic rings. The quantitative estimate of drug-likeness (QED) is 0.728. The Balaban J connectivity index is 2.26. The van der Waals surface area contributed by atoms with Gasteiger partial charge in [0, 0.05) is 23.7 Å². The molecule has 0 aliphatic rings. The van der Waals surface area contributed by atoms with E-state index in [0.717, 1.165) is 23.1 Å². The van der Waals surface area contributed by atoms with Crippen LogP contribution in [0.2, 0.25) is 0 Å². The lowest BCUT2D eigenvalue weighted by Crippen LogP contribution is -2.19. The first-order chi connectivity index (χ1) is 11.0. The number of carbonyl (C=O) groups is 1. The summed E-state index contributed by atoms with van der Waals surface area (Å²) in [5.74, 6) is 1.69. The van der Waals surface area contributed by atoms with Gasteiger partial charge in [0.1, 0.15) is 17.5 Å². The maximum atomic E-state index is 12.3. The molecule has 5 heteroatoms. The highest BCUT2D eigenvalue weighted by Gasteiger charge is 2.20. The van der Waals surface area contributed by atoms with Crippen molar-refractivity contribution in [3.63, 3.8) is 0 Å². The highest BCUT2D eigenvalue weighted by atomic mass is 16.5. The fraction of sp³-hybridized carbons (Fsp3) is 0.500. The van der Waals surface area contributed by atoms with Gasteiger partial charge in [0.25, 0.3) is 0 Å². The lowest BCUT2D eigenvalue weighted by Gasteiger charge is -2.16. The lowest BCUT2D eigenvalue weighted by atomic mass is 10.1. The Labute approximate surface area is 137 Å². The average Bonchev–Trinajstić information content (AvgIpc) is 2.96. The summed E-state index contributed by atoms with van der Waals surface area (Å²) in [6.07, 6.45) is 2.74. The third kappa shape index (κ3) is 3.78. The average molecular weight is 319 g/mol. The summed E-state index contributed by atoms with van der Waals surface area (Å²) < 4.78 is 18.0. The largest absolute Gasteiger partial charge is 0.497 e. The first kappa shape index (κ1) is 17.2. The van der Waals surface area contributed by atoms with Crippen LogP contribution in [0.1, 0.15) is 33.2 Å². The second-order valence-corrected chi connectivity index (χ2v) is 6.01. The van der Waals surface area contributed by atoms with E-state index in [4.69, 9.17) is 14.2 Å². The zero-order valence-electron chi connectivity index (χ0n) is 14.5. The predicted molar refractivity (Wildman–Crippen MR) is 90.2 cm³/mol. The van der Waals surface area contributed by atoms with E-state index in [0.29, 0.717) is 18.3 Å². The van der Waals surface area contributed by atoms with Crippen molar-refractivity contribution in [3.8, 4) is 11.5 Å². The van der Waals surface area contributed by atoms with Gasteiger partial charge in [-0.25, -0.2) is 4.79 Å². The van der Waals surface area contributed by atoms with E-state index in [1.54, 1.807) is 14.2 Å². The van der Waals surface area contributed by atoms with Crippen molar-refractivity contribution in [2.75, 3.05) is 20.8 Å². The molecule has 0 amide bonds. The van der Waals surface area contributed by atoms with Crippen LogP contribution in [0.15, 0.2) is 24.4 Å². The number of methoxy groups -OCH3 is 2. The molecule has 0 aliphatic carbocycles. The van der Waals surface area contributed by atoms with Gasteiger partial charge < -0.3 is 18.8 Å². The summed E-state index contributed by atoms with van der Waals surface area (Å²) >= 11 is 0. The van der Waals surface area contributed by atoms with Gasteiger partial charge in [0.2, 0.25) is 0 Å². The maximum Gasteiger partial charge on any atom is 0.328 e.